The summed E-state index contributed by atoms with van der Waals surface area (Å²) < 4.78 is 33.5. The zero-order chi connectivity index (χ0) is 20.1. The Labute approximate surface area is 171 Å². The molecule has 1 aliphatic heterocycles. The maximum atomic E-state index is 12.6. The Morgan fingerprint density at radius 3 is 2.79 bits per heavy atom. The molecule has 0 saturated heterocycles. The summed E-state index contributed by atoms with van der Waals surface area (Å²) in [6.45, 7) is 1.59. The van der Waals surface area contributed by atoms with Crippen molar-refractivity contribution in [3.63, 3.8) is 0 Å². The first-order valence-electron chi connectivity index (χ1n) is 9.57. The molecule has 0 unspecified atom stereocenters. The molecular weight excluding hydrogens is 386 g/mol. The predicted molar refractivity (Wildman–Crippen MR) is 112 cm³/mol. The van der Waals surface area contributed by atoms with E-state index in [2.05, 4.69) is 21.1 Å². The van der Waals surface area contributed by atoms with E-state index in [1.807, 2.05) is 24.3 Å². The highest BCUT2D eigenvalue weighted by Crippen LogP contribution is 2.26. The number of nitrogens with zero attached hydrogens (tertiary/aromatic N) is 1. The molecule has 7 heteroatoms. The molecular formula is C22H23N3O3S. The molecule has 0 bridgehead atoms. The van der Waals surface area contributed by atoms with E-state index < -0.39 is 10.0 Å². The molecule has 0 atom stereocenters. The average Bonchev–Trinajstić information content (AvgIpc) is 2.77. The number of fused-ring (bicyclic) bond motifs is 1. The van der Waals surface area contributed by atoms with Crippen LogP contribution in [0.15, 0.2) is 71.9 Å². The van der Waals surface area contributed by atoms with E-state index in [1.54, 1.807) is 36.7 Å². The SMILES string of the molecule is O=S(=O)(NCc1cccnc1)c1cccc(NCc2ccc3c(c2)CCCO3)c1. The monoisotopic (exact) mass is 409 g/mol. The van der Waals surface area contributed by atoms with E-state index in [-0.39, 0.29) is 11.4 Å². The van der Waals surface area contributed by atoms with Gasteiger partial charge in [-0.2, -0.15) is 0 Å². The van der Waals surface area contributed by atoms with Gasteiger partial charge in [0.25, 0.3) is 0 Å². The van der Waals surface area contributed by atoms with Crippen LogP contribution in [0, 0.1) is 0 Å². The van der Waals surface area contributed by atoms with Gasteiger partial charge in [0.15, 0.2) is 0 Å². The van der Waals surface area contributed by atoms with Gasteiger partial charge in [-0.1, -0.05) is 24.3 Å². The Bertz CT molecular complexity index is 1090. The Morgan fingerprint density at radius 1 is 1.00 bits per heavy atom. The summed E-state index contributed by atoms with van der Waals surface area (Å²) in [6.07, 6.45) is 5.36. The van der Waals surface area contributed by atoms with Gasteiger partial charge in [-0.3, -0.25) is 4.98 Å². The van der Waals surface area contributed by atoms with Gasteiger partial charge in [-0.15, -0.1) is 0 Å². The second kappa shape index (κ2) is 8.63. The van der Waals surface area contributed by atoms with Crippen LogP contribution < -0.4 is 14.8 Å². The quantitative estimate of drug-likeness (QED) is 0.624. The maximum absolute atomic E-state index is 12.6. The van der Waals surface area contributed by atoms with Crippen LogP contribution >= 0.6 is 0 Å². The molecule has 6 nitrogen and oxygen atoms in total. The molecule has 1 aliphatic rings. The van der Waals surface area contributed by atoms with Crippen molar-refractivity contribution in [1.82, 2.24) is 9.71 Å². The Balaban J connectivity index is 1.41. The molecule has 0 saturated carbocycles. The zero-order valence-corrected chi connectivity index (χ0v) is 16.8. The number of sulfonamides is 1. The van der Waals surface area contributed by atoms with Gasteiger partial charge in [-0.25, -0.2) is 13.1 Å². The molecule has 150 valence electrons. The fourth-order valence-corrected chi connectivity index (χ4v) is 4.33. The summed E-state index contributed by atoms with van der Waals surface area (Å²) in [4.78, 5) is 4.23. The third kappa shape index (κ3) is 4.93. The van der Waals surface area contributed by atoms with E-state index in [1.165, 1.54) is 5.56 Å². The summed E-state index contributed by atoms with van der Waals surface area (Å²) >= 11 is 0. The minimum Gasteiger partial charge on any atom is -0.493 e. The van der Waals surface area contributed by atoms with Crippen LogP contribution in [-0.2, 0) is 29.5 Å². The number of benzene rings is 2. The van der Waals surface area contributed by atoms with Gasteiger partial charge in [0.05, 0.1) is 11.5 Å². The lowest BCUT2D eigenvalue weighted by Gasteiger charge is -2.18. The van der Waals surface area contributed by atoms with Crippen LogP contribution in [0.1, 0.15) is 23.1 Å². The smallest absolute Gasteiger partial charge is 0.240 e. The van der Waals surface area contributed by atoms with E-state index in [9.17, 15) is 8.42 Å². The van der Waals surface area contributed by atoms with Gasteiger partial charge in [-0.05, 0) is 59.9 Å². The summed E-state index contributed by atoms with van der Waals surface area (Å²) in [7, 11) is -3.61. The Kier molecular flexibility index (Phi) is 5.78. The predicted octanol–water partition coefficient (Wildman–Crippen LogP) is 3.50. The van der Waals surface area contributed by atoms with Crippen LogP contribution in [-0.4, -0.2) is 20.0 Å². The molecule has 4 rings (SSSR count). The molecule has 0 aliphatic carbocycles. The number of nitrogens with one attached hydrogen (secondary N) is 2. The van der Waals surface area contributed by atoms with Crippen LogP contribution in [0.3, 0.4) is 0 Å². The van der Waals surface area contributed by atoms with Crippen molar-refractivity contribution >= 4 is 15.7 Å². The Hall–Kier alpha value is -2.90. The lowest BCUT2D eigenvalue weighted by atomic mass is 10.0. The molecule has 2 aromatic carbocycles. The van der Waals surface area contributed by atoms with E-state index >= 15 is 0 Å². The van der Waals surface area contributed by atoms with Crippen LogP contribution in [0.25, 0.3) is 0 Å². The molecule has 29 heavy (non-hydrogen) atoms. The fraction of sp³-hybridized carbons (Fsp3) is 0.227. The maximum Gasteiger partial charge on any atom is 0.240 e. The van der Waals surface area contributed by atoms with Gasteiger partial charge in [0.1, 0.15) is 5.75 Å². The third-order valence-electron chi connectivity index (χ3n) is 4.80. The van der Waals surface area contributed by atoms with Crippen molar-refractivity contribution in [2.24, 2.45) is 0 Å². The number of hydrogen-bond acceptors (Lipinski definition) is 5. The number of hydrogen-bond donors (Lipinski definition) is 2. The second-order valence-electron chi connectivity index (χ2n) is 6.96. The third-order valence-corrected chi connectivity index (χ3v) is 6.20. The molecule has 2 heterocycles. The molecule has 0 radical (unpaired) electrons. The summed E-state index contributed by atoms with van der Waals surface area (Å²) in [5.74, 6) is 0.966. The molecule has 2 N–H and O–H groups in total. The summed E-state index contributed by atoms with van der Waals surface area (Å²) in [6, 6.07) is 16.6. The topological polar surface area (TPSA) is 80.3 Å². The van der Waals surface area contributed by atoms with Crippen LogP contribution in [0.5, 0.6) is 5.75 Å². The highest BCUT2D eigenvalue weighted by molar-refractivity contribution is 7.89. The van der Waals surface area contributed by atoms with E-state index in [4.69, 9.17) is 4.74 Å². The normalized spacial score (nSPS) is 13.4. The van der Waals surface area contributed by atoms with Gasteiger partial charge >= 0.3 is 0 Å². The molecule has 1 aromatic heterocycles. The van der Waals surface area contributed by atoms with Gasteiger partial charge < -0.3 is 10.1 Å². The first-order chi connectivity index (χ1) is 14.1. The molecule has 0 spiro atoms. The minimum atomic E-state index is -3.61. The van der Waals surface area contributed by atoms with E-state index in [0.717, 1.165) is 42.0 Å². The molecule has 0 amide bonds. The van der Waals surface area contributed by atoms with E-state index in [0.29, 0.717) is 6.54 Å². The number of rotatable bonds is 7. The number of ether oxygens (including phenoxy) is 1. The highest BCUT2D eigenvalue weighted by Gasteiger charge is 2.14. The highest BCUT2D eigenvalue weighted by atomic mass is 32.2. The average molecular weight is 410 g/mol. The molecule has 0 fully saturated rings. The van der Waals surface area contributed by atoms with Crippen molar-refractivity contribution in [1.29, 1.82) is 0 Å². The Morgan fingerprint density at radius 2 is 1.93 bits per heavy atom. The minimum absolute atomic E-state index is 0.199. The fourth-order valence-electron chi connectivity index (χ4n) is 3.27. The van der Waals surface area contributed by atoms with Crippen LogP contribution in [0.2, 0.25) is 0 Å². The van der Waals surface area contributed by atoms with Crippen LogP contribution in [0.4, 0.5) is 5.69 Å². The largest absolute Gasteiger partial charge is 0.493 e. The summed E-state index contributed by atoms with van der Waals surface area (Å²) in [5, 5.41) is 3.31. The number of aromatic nitrogens is 1. The van der Waals surface area contributed by atoms with Crippen molar-refractivity contribution in [2.75, 3.05) is 11.9 Å². The summed E-state index contributed by atoms with van der Waals surface area (Å²) in [5.41, 5.74) is 3.92. The number of pyridine rings is 1. The van der Waals surface area contributed by atoms with Crippen molar-refractivity contribution in [2.45, 2.75) is 30.8 Å². The lowest BCUT2D eigenvalue weighted by molar-refractivity contribution is 0.288. The van der Waals surface area contributed by atoms with Crippen molar-refractivity contribution < 1.29 is 13.2 Å². The zero-order valence-electron chi connectivity index (χ0n) is 16.0. The standard InChI is InChI=1S/C22H23N3O3S/c26-29(27,25-16-18-4-2-10-23-14-18)21-7-1-6-20(13-21)24-15-17-8-9-22-19(12-17)5-3-11-28-22/h1-2,4,6-10,12-14,24-25H,3,5,11,15-16H2. The molecule has 3 aromatic rings. The first-order valence-corrected chi connectivity index (χ1v) is 11.1. The number of anilines is 1. The van der Waals surface area contributed by atoms with Crippen molar-refractivity contribution in [3.8, 4) is 5.75 Å². The van der Waals surface area contributed by atoms with Crippen molar-refractivity contribution in [3.05, 3.63) is 83.7 Å². The lowest BCUT2D eigenvalue weighted by Crippen LogP contribution is -2.23. The number of aryl methyl sites for hydroxylation is 1. The van der Waals surface area contributed by atoms with Gasteiger partial charge in [0.2, 0.25) is 10.0 Å². The first kappa shape index (κ1) is 19.4. The van der Waals surface area contributed by atoms with Gasteiger partial charge in [0, 0.05) is 31.2 Å². The second-order valence-corrected chi connectivity index (χ2v) is 8.73.